The Kier molecular flexibility index (Phi) is 4.51. The normalized spacial score (nSPS) is 16.5. The second kappa shape index (κ2) is 5.49. The summed E-state index contributed by atoms with van der Waals surface area (Å²) in [4.78, 5) is 27.1. The highest BCUT2D eigenvalue weighted by molar-refractivity contribution is 5.89. The van der Waals surface area contributed by atoms with Crippen molar-refractivity contribution in [3.05, 3.63) is 0 Å². The van der Waals surface area contributed by atoms with Crippen molar-refractivity contribution < 1.29 is 9.59 Å². The highest BCUT2D eigenvalue weighted by Crippen LogP contribution is 2.46. The average Bonchev–Trinajstić information content (AvgIpc) is 3.08. The Balaban J connectivity index is 2.65. The topological polar surface area (TPSA) is 66.6 Å². The Bertz CT molecular complexity index is 298. The fourth-order valence-electron chi connectivity index (χ4n) is 1.82. The number of rotatable bonds is 6. The number of hydrogen-bond donors (Lipinski definition) is 1. The van der Waals surface area contributed by atoms with Crippen LogP contribution in [0.25, 0.3) is 0 Å². The van der Waals surface area contributed by atoms with Crippen molar-refractivity contribution in [2.45, 2.75) is 26.2 Å². The molecule has 0 unspecified atom stereocenters. The van der Waals surface area contributed by atoms with E-state index in [-0.39, 0.29) is 23.8 Å². The van der Waals surface area contributed by atoms with Gasteiger partial charge in [0.15, 0.2) is 0 Å². The monoisotopic (exact) mass is 241 g/mol. The van der Waals surface area contributed by atoms with Gasteiger partial charge >= 0.3 is 0 Å². The van der Waals surface area contributed by atoms with Crippen LogP contribution in [0.1, 0.15) is 26.2 Å². The molecule has 5 heteroatoms. The molecule has 0 radical (unpaired) electrons. The van der Waals surface area contributed by atoms with E-state index >= 15 is 0 Å². The Morgan fingerprint density at radius 1 is 1.29 bits per heavy atom. The van der Waals surface area contributed by atoms with Gasteiger partial charge in [0.2, 0.25) is 11.8 Å². The number of amides is 2. The molecule has 0 atom stereocenters. The molecule has 17 heavy (non-hydrogen) atoms. The maximum atomic E-state index is 12.3. The molecule has 2 N–H and O–H groups in total. The molecule has 1 saturated carbocycles. The Hall–Kier alpha value is -1.10. The summed E-state index contributed by atoms with van der Waals surface area (Å²) >= 11 is 0. The maximum Gasteiger partial charge on any atom is 0.241 e. The van der Waals surface area contributed by atoms with E-state index in [2.05, 4.69) is 0 Å². The van der Waals surface area contributed by atoms with Crippen molar-refractivity contribution in [2.75, 3.05) is 33.7 Å². The van der Waals surface area contributed by atoms with Crippen molar-refractivity contribution in [2.24, 2.45) is 11.1 Å². The lowest BCUT2D eigenvalue weighted by atomic mass is 10.1. The van der Waals surface area contributed by atoms with Crippen molar-refractivity contribution in [1.82, 2.24) is 9.80 Å². The van der Waals surface area contributed by atoms with Crippen LogP contribution in [0.2, 0.25) is 0 Å². The molecule has 0 saturated heterocycles. The van der Waals surface area contributed by atoms with Crippen LogP contribution in [0.5, 0.6) is 0 Å². The first kappa shape index (κ1) is 14.0. The highest BCUT2D eigenvalue weighted by atomic mass is 16.2. The second-order valence-electron chi connectivity index (χ2n) is 5.00. The molecule has 1 aliphatic carbocycles. The van der Waals surface area contributed by atoms with Gasteiger partial charge in [-0.25, -0.2) is 0 Å². The Labute approximate surface area is 103 Å². The first-order valence-corrected chi connectivity index (χ1v) is 6.16. The van der Waals surface area contributed by atoms with E-state index in [0.29, 0.717) is 13.1 Å². The van der Waals surface area contributed by atoms with E-state index in [1.54, 1.807) is 19.0 Å². The largest absolute Gasteiger partial charge is 0.347 e. The number of nitrogens with zero attached hydrogens (tertiary/aromatic N) is 2. The zero-order chi connectivity index (χ0) is 13.1. The molecule has 5 nitrogen and oxygen atoms in total. The lowest BCUT2D eigenvalue weighted by Crippen LogP contribution is -2.45. The highest BCUT2D eigenvalue weighted by Gasteiger charge is 2.50. The van der Waals surface area contributed by atoms with Gasteiger partial charge in [-0.15, -0.1) is 0 Å². The minimum Gasteiger partial charge on any atom is -0.347 e. The first-order chi connectivity index (χ1) is 7.96. The van der Waals surface area contributed by atoms with Gasteiger partial charge in [-0.1, -0.05) is 6.92 Å². The third-order valence-electron chi connectivity index (χ3n) is 3.30. The van der Waals surface area contributed by atoms with Gasteiger partial charge in [-0.2, -0.15) is 0 Å². The summed E-state index contributed by atoms with van der Waals surface area (Å²) in [7, 11) is 3.40. The lowest BCUT2D eigenvalue weighted by molar-refractivity contribution is -0.142. The quantitative estimate of drug-likeness (QED) is 0.714. The van der Waals surface area contributed by atoms with Gasteiger partial charge in [0.25, 0.3) is 0 Å². The maximum absolute atomic E-state index is 12.3. The number of hydrogen-bond acceptors (Lipinski definition) is 3. The molecule has 98 valence electrons. The molecule has 0 aromatic rings. The third kappa shape index (κ3) is 3.19. The second-order valence-corrected chi connectivity index (χ2v) is 5.00. The number of nitrogens with two attached hydrogens (primary N) is 1. The van der Waals surface area contributed by atoms with Crippen LogP contribution in [0.3, 0.4) is 0 Å². The summed E-state index contributed by atoms with van der Waals surface area (Å²) < 4.78 is 0. The summed E-state index contributed by atoms with van der Waals surface area (Å²) in [6.45, 7) is 3.19. The molecule has 2 amide bonds. The molecule has 0 heterocycles. The Morgan fingerprint density at radius 2 is 1.88 bits per heavy atom. The average molecular weight is 241 g/mol. The molecule has 0 spiro atoms. The Morgan fingerprint density at radius 3 is 2.24 bits per heavy atom. The molecule has 1 fully saturated rings. The van der Waals surface area contributed by atoms with Gasteiger partial charge in [0.1, 0.15) is 0 Å². The van der Waals surface area contributed by atoms with Gasteiger partial charge in [-0.3, -0.25) is 9.59 Å². The molecular formula is C12H23N3O2. The lowest BCUT2D eigenvalue weighted by Gasteiger charge is -2.27. The van der Waals surface area contributed by atoms with Crippen LogP contribution in [-0.4, -0.2) is 55.3 Å². The molecule has 0 aliphatic heterocycles. The summed E-state index contributed by atoms with van der Waals surface area (Å²) in [6, 6.07) is 0. The van der Waals surface area contributed by atoms with Crippen molar-refractivity contribution in [3.8, 4) is 0 Å². The van der Waals surface area contributed by atoms with Crippen LogP contribution in [0.4, 0.5) is 0 Å². The third-order valence-corrected chi connectivity index (χ3v) is 3.30. The van der Waals surface area contributed by atoms with E-state index in [1.165, 1.54) is 4.90 Å². The van der Waals surface area contributed by atoms with E-state index in [0.717, 1.165) is 19.3 Å². The summed E-state index contributed by atoms with van der Waals surface area (Å²) in [6.07, 6.45) is 2.57. The van der Waals surface area contributed by atoms with Crippen LogP contribution in [0, 0.1) is 5.41 Å². The summed E-state index contributed by atoms with van der Waals surface area (Å²) in [5.41, 5.74) is 5.29. The van der Waals surface area contributed by atoms with Gasteiger partial charge in [0.05, 0.1) is 12.0 Å². The van der Waals surface area contributed by atoms with E-state index in [9.17, 15) is 9.59 Å². The predicted molar refractivity (Wildman–Crippen MR) is 66.3 cm³/mol. The predicted octanol–water partition coefficient (Wildman–Crippen LogP) is 0.0521. The van der Waals surface area contributed by atoms with Crippen LogP contribution >= 0.6 is 0 Å². The molecule has 0 bridgehead atoms. The van der Waals surface area contributed by atoms with Crippen molar-refractivity contribution >= 4 is 11.8 Å². The molecule has 0 aromatic heterocycles. The van der Waals surface area contributed by atoms with Crippen LogP contribution in [-0.2, 0) is 9.59 Å². The van der Waals surface area contributed by atoms with Crippen molar-refractivity contribution in [1.29, 1.82) is 0 Å². The van der Waals surface area contributed by atoms with Gasteiger partial charge < -0.3 is 15.5 Å². The fourth-order valence-corrected chi connectivity index (χ4v) is 1.82. The SMILES string of the molecule is CCCN(CC(=O)N(C)C)C(=O)C1(CN)CC1. The van der Waals surface area contributed by atoms with Gasteiger partial charge in [0, 0.05) is 27.2 Å². The summed E-state index contributed by atoms with van der Waals surface area (Å²) in [5, 5.41) is 0. The molecule has 0 aromatic carbocycles. The van der Waals surface area contributed by atoms with Crippen LogP contribution < -0.4 is 5.73 Å². The first-order valence-electron chi connectivity index (χ1n) is 6.16. The minimum atomic E-state index is -0.359. The van der Waals surface area contributed by atoms with Crippen molar-refractivity contribution in [3.63, 3.8) is 0 Å². The summed E-state index contributed by atoms with van der Waals surface area (Å²) in [5.74, 6) is 0.0108. The number of carbonyl (C=O) groups is 2. The molecule has 1 aliphatic rings. The van der Waals surface area contributed by atoms with E-state index < -0.39 is 0 Å². The fraction of sp³-hybridized carbons (Fsp3) is 0.833. The number of carbonyl (C=O) groups excluding carboxylic acids is 2. The minimum absolute atomic E-state index is 0.0420. The molecular weight excluding hydrogens is 218 g/mol. The zero-order valence-corrected chi connectivity index (χ0v) is 11.0. The smallest absolute Gasteiger partial charge is 0.241 e. The van der Waals surface area contributed by atoms with Gasteiger partial charge in [-0.05, 0) is 19.3 Å². The zero-order valence-electron chi connectivity index (χ0n) is 11.0. The molecule has 1 rings (SSSR count). The standard InChI is InChI=1S/C12H23N3O2/c1-4-7-15(8-10(16)14(2)3)11(17)12(9-13)5-6-12/h4-9,13H2,1-3H3. The number of likely N-dealkylation sites (N-methyl/N-ethyl adjacent to an activating group) is 1. The van der Waals surface area contributed by atoms with E-state index in [1.807, 2.05) is 6.92 Å². The van der Waals surface area contributed by atoms with Crippen LogP contribution in [0.15, 0.2) is 0 Å². The van der Waals surface area contributed by atoms with E-state index in [4.69, 9.17) is 5.73 Å².